The molecule has 0 fully saturated rings. The predicted octanol–water partition coefficient (Wildman–Crippen LogP) is 0.393. The highest BCUT2D eigenvalue weighted by atomic mass is 32.1. The molecule has 0 radical (unpaired) electrons. The molecule has 2 heterocycles. The molecule has 0 unspecified atom stereocenters. The average molecular weight is 252 g/mol. The van der Waals surface area contributed by atoms with Crippen molar-refractivity contribution in [1.82, 2.24) is 24.7 Å². The second-order valence-electron chi connectivity index (χ2n) is 3.19. The monoisotopic (exact) mass is 252 g/mol. The van der Waals surface area contributed by atoms with Gasteiger partial charge in [0.25, 0.3) is 0 Å². The number of hydrogen-bond donors (Lipinski definition) is 1. The number of aryl methyl sites for hydroxylation is 1. The van der Waals surface area contributed by atoms with Gasteiger partial charge in [-0.15, -0.1) is 5.10 Å². The van der Waals surface area contributed by atoms with Crippen LogP contribution >= 0.6 is 12.2 Å². The maximum Gasteiger partial charge on any atom is 0.208 e. The Hall–Kier alpha value is -1.96. The standard InChI is InChI=1S/C9H9FN6S/c1-2-5-6(10)9(13-3-12-5)16-4-14-8(15-16)7(11)17/h3-4H,2H2,1H3,(H2,11,17). The van der Waals surface area contributed by atoms with Gasteiger partial charge in [-0.25, -0.2) is 19.3 Å². The molecule has 0 amide bonds. The number of rotatable bonds is 3. The van der Waals surface area contributed by atoms with Gasteiger partial charge in [0.15, 0.2) is 11.6 Å². The van der Waals surface area contributed by atoms with E-state index in [0.717, 1.165) is 0 Å². The Morgan fingerprint density at radius 3 is 2.82 bits per heavy atom. The van der Waals surface area contributed by atoms with Crippen molar-refractivity contribution in [3.8, 4) is 5.82 Å². The van der Waals surface area contributed by atoms with Crippen molar-refractivity contribution in [1.29, 1.82) is 0 Å². The van der Waals surface area contributed by atoms with Gasteiger partial charge < -0.3 is 5.73 Å². The molecule has 0 aromatic carbocycles. The van der Waals surface area contributed by atoms with Crippen LogP contribution in [0, 0.1) is 5.82 Å². The van der Waals surface area contributed by atoms with E-state index in [2.05, 4.69) is 20.1 Å². The van der Waals surface area contributed by atoms with Gasteiger partial charge in [-0.05, 0) is 6.42 Å². The normalized spacial score (nSPS) is 10.5. The zero-order chi connectivity index (χ0) is 12.4. The van der Waals surface area contributed by atoms with E-state index < -0.39 is 5.82 Å². The summed E-state index contributed by atoms with van der Waals surface area (Å²) in [6, 6.07) is 0. The fourth-order valence-electron chi connectivity index (χ4n) is 1.28. The third kappa shape index (κ3) is 2.11. The molecule has 2 rings (SSSR count). The third-order valence-electron chi connectivity index (χ3n) is 2.11. The van der Waals surface area contributed by atoms with E-state index in [4.69, 9.17) is 18.0 Å². The SMILES string of the molecule is CCc1ncnc(-n2cnc(C(N)=S)n2)c1F. The third-order valence-corrected chi connectivity index (χ3v) is 2.29. The number of nitrogens with zero attached hydrogens (tertiary/aromatic N) is 5. The van der Waals surface area contributed by atoms with Crippen molar-refractivity contribution in [2.75, 3.05) is 0 Å². The van der Waals surface area contributed by atoms with Crippen molar-refractivity contribution in [3.63, 3.8) is 0 Å². The fraction of sp³-hybridized carbons (Fsp3) is 0.222. The molecule has 0 aliphatic rings. The number of hydrogen-bond acceptors (Lipinski definition) is 5. The minimum absolute atomic E-state index is 0.0341. The molecular weight excluding hydrogens is 243 g/mol. The van der Waals surface area contributed by atoms with Crippen LogP contribution in [0.2, 0.25) is 0 Å². The van der Waals surface area contributed by atoms with Crippen LogP contribution in [0.1, 0.15) is 18.4 Å². The Balaban J connectivity index is 2.49. The molecule has 17 heavy (non-hydrogen) atoms. The van der Waals surface area contributed by atoms with Crippen LogP contribution in [0.15, 0.2) is 12.7 Å². The lowest BCUT2D eigenvalue weighted by Crippen LogP contribution is -2.13. The van der Waals surface area contributed by atoms with Gasteiger partial charge in [0, 0.05) is 0 Å². The molecule has 0 aliphatic heterocycles. The van der Waals surface area contributed by atoms with Crippen LogP contribution in [0.4, 0.5) is 4.39 Å². The van der Waals surface area contributed by atoms with Gasteiger partial charge in [0.2, 0.25) is 5.82 Å². The first-order valence-electron chi connectivity index (χ1n) is 4.84. The average Bonchev–Trinajstić information content (AvgIpc) is 2.78. The summed E-state index contributed by atoms with van der Waals surface area (Å²) in [5.41, 5.74) is 5.69. The summed E-state index contributed by atoms with van der Waals surface area (Å²) < 4.78 is 15.1. The van der Waals surface area contributed by atoms with E-state index in [9.17, 15) is 4.39 Å². The van der Waals surface area contributed by atoms with Crippen LogP contribution in [-0.2, 0) is 6.42 Å². The smallest absolute Gasteiger partial charge is 0.208 e. The molecule has 0 bridgehead atoms. The number of aromatic nitrogens is 5. The van der Waals surface area contributed by atoms with E-state index in [0.29, 0.717) is 12.1 Å². The molecule has 88 valence electrons. The summed E-state index contributed by atoms with van der Waals surface area (Å²) in [4.78, 5) is 11.5. The zero-order valence-corrected chi connectivity index (χ0v) is 9.78. The lowest BCUT2D eigenvalue weighted by Gasteiger charge is -2.03. The lowest BCUT2D eigenvalue weighted by atomic mass is 10.3. The molecule has 0 saturated carbocycles. The van der Waals surface area contributed by atoms with Crippen molar-refractivity contribution in [3.05, 3.63) is 30.0 Å². The van der Waals surface area contributed by atoms with E-state index in [-0.39, 0.29) is 16.6 Å². The van der Waals surface area contributed by atoms with Crippen molar-refractivity contribution >= 4 is 17.2 Å². The Bertz CT molecular complexity index is 566. The second kappa shape index (κ2) is 4.50. The summed E-state index contributed by atoms with van der Waals surface area (Å²) in [6.07, 6.45) is 3.05. The first kappa shape index (κ1) is 11.5. The number of nitrogens with two attached hydrogens (primary N) is 1. The van der Waals surface area contributed by atoms with Crippen LogP contribution in [0.3, 0.4) is 0 Å². The summed E-state index contributed by atoms with van der Waals surface area (Å²) in [5, 5.41) is 3.93. The maximum absolute atomic E-state index is 13.9. The van der Waals surface area contributed by atoms with Gasteiger partial charge in [0.1, 0.15) is 17.6 Å². The molecule has 2 aromatic rings. The van der Waals surface area contributed by atoms with E-state index in [1.54, 1.807) is 6.92 Å². The molecule has 6 nitrogen and oxygen atoms in total. The molecule has 0 spiro atoms. The Morgan fingerprint density at radius 2 is 2.24 bits per heavy atom. The minimum Gasteiger partial charge on any atom is -0.387 e. The first-order chi connectivity index (χ1) is 8.13. The largest absolute Gasteiger partial charge is 0.387 e. The van der Waals surface area contributed by atoms with Crippen LogP contribution in [0.25, 0.3) is 5.82 Å². The minimum atomic E-state index is -0.519. The molecular formula is C9H9FN6S. The van der Waals surface area contributed by atoms with Gasteiger partial charge in [-0.3, -0.25) is 0 Å². The number of halogens is 1. The van der Waals surface area contributed by atoms with E-state index in [1.165, 1.54) is 17.3 Å². The predicted molar refractivity (Wildman–Crippen MR) is 62.2 cm³/mol. The van der Waals surface area contributed by atoms with Gasteiger partial charge in [0.05, 0.1) is 5.69 Å². The van der Waals surface area contributed by atoms with E-state index >= 15 is 0 Å². The van der Waals surface area contributed by atoms with Gasteiger partial charge in [-0.2, -0.15) is 4.68 Å². The quantitative estimate of drug-likeness (QED) is 0.796. The van der Waals surface area contributed by atoms with Crippen LogP contribution < -0.4 is 5.73 Å². The Kier molecular flexibility index (Phi) is 3.05. The summed E-state index contributed by atoms with van der Waals surface area (Å²) in [6.45, 7) is 1.80. The summed E-state index contributed by atoms with van der Waals surface area (Å²) in [7, 11) is 0. The van der Waals surface area contributed by atoms with Crippen LogP contribution in [0.5, 0.6) is 0 Å². The summed E-state index contributed by atoms with van der Waals surface area (Å²) in [5.74, 6) is -0.308. The number of thiocarbonyl (C=S) groups is 1. The first-order valence-corrected chi connectivity index (χ1v) is 5.25. The molecule has 0 saturated heterocycles. The van der Waals surface area contributed by atoms with Gasteiger partial charge in [-0.1, -0.05) is 19.1 Å². The van der Waals surface area contributed by atoms with Crippen LogP contribution in [-0.4, -0.2) is 29.7 Å². The van der Waals surface area contributed by atoms with Crippen molar-refractivity contribution in [2.45, 2.75) is 13.3 Å². The molecule has 2 N–H and O–H groups in total. The highest BCUT2D eigenvalue weighted by Crippen LogP contribution is 2.11. The molecule has 0 aliphatic carbocycles. The van der Waals surface area contributed by atoms with Crippen molar-refractivity contribution in [2.24, 2.45) is 5.73 Å². The molecule has 8 heteroatoms. The lowest BCUT2D eigenvalue weighted by molar-refractivity contribution is 0.574. The highest BCUT2D eigenvalue weighted by molar-refractivity contribution is 7.80. The van der Waals surface area contributed by atoms with Gasteiger partial charge >= 0.3 is 0 Å². The maximum atomic E-state index is 13.9. The highest BCUT2D eigenvalue weighted by Gasteiger charge is 2.13. The molecule has 0 atom stereocenters. The Morgan fingerprint density at radius 1 is 1.47 bits per heavy atom. The Labute approximate surface area is 102 Å². The summed E-state index contributed by atoms with van der Waals surface area (Å²) >= 11 is 4.72. The topological polar surface area (TPSA) is 82.5 Å². The van der Waals surface area contributed by atoms with Crippen molar-refractivity contribution < 1.29 is 4.39 Å². The fourth-order valence-corrected chi connectivity index (χ4v) is 1.37. The second-order valence-corrected chi connectivity index (χ2v) is 3.63. The molecule has 2 aromatic heterocycles. The van der Waals surface area contributed by atoms with E-state index in [1.807, 2.05) is 0 Å². The zero-order valence-electron chi connectivity index (χ0n) is 8.96.